The van der Waals surface area contributed by atoms with Gasteiger partial charge in [0.05, 0.1) is 12.8 Å². The second-order valence-corrected chi connectivity index (χ2v) is 6.90. The summed E-state index contributed by atoms with van der Waals surface area (Å²) in [5.41, 5.74) is 0. The molecule has 0 aromatic carbocycles. The van der Waals surface area contributed by atoms with Gasteiger partial charge >= 0.3 is 0 Å². The van der Waals surface area contributed by atoms with Gasteiger partial charge in [-0.25, -0.2) is 0 Å². The van der Waals surface area contributed by atoms with Gasteiger partial charge in [0, 0.05) is 25.7 Å². The van der Waals surface area contributed by atoms with E-state index in [1.165, 1.54) is 0 Å². The molecular formula is C18H28N2O3. The van der Waals surface area contributed by atoms with Crippen LogP contribution < -0.4 is 0 Å². The van der Waals surface area contributed by atoms with Crippen molar-refractivity contribution in [2.75, 3.05) is 33.4 Å². The Bertz CT molecular complexity index is 474. The normalized spacial score (nSPS) is 21.4. The lowest BCUT2D eigenvalue weighted by molar-refractivity contribution is -0.137. The number of carbonyl (C=O) groups excluding carboxylic acids is 1. The molecule has 1 amide bonds. The average Bonchev–Trinajstić information content (AvgIpc) is 3.08. The van der Waals surface area contributed by atoms with Crippen LogP contribution in [-0.4, -0.2) is 55.1 Å². The summed E-state index contributed by atoms with van der Waals surface area (Å²) in [6.45, 7) is 4.31. The van der Waals surface area contributed by atoms with Crippen LogP contribution >= 0.6 is 0 Å². The van der Waals surface area contributed by atoms with E-state index in [-0.39, 0.29) is 5.91 Å². The molecule has 5 heteroatoms. The predicted octanol–water partition coefficient (Wildman–Crippen LogP) is 2.52. The first-order chi connectivity index (χ1) is 11.2. The van der Waals surface area contributed by atoms with Crippen LogP contribution in [0.5, 0.6) is 0 Å². The van der Waals surface area contributed by atoms with Crippen molar-refractivity contribution in [1.82, 2.24) is 9.80 Å². The van der Waals surface area contributed by atoms with E-state index in [1.807, 2.05) is 12.1 Å². The Hall–Kier alpha value is -1.33. The number of rotatable bonds is 5. The second kappa shape index (κ2) is 7.97. The van der Waals surface area contributed by atoms with E-state index in [2.05, 4.69) is 16.8 Å². The molecule has 0 spiro atoms. The number of nitrogens with zero attached hydrogens (tertiary/aromatic N) is 2. The molecule has 3 heterocycles. The fourth-order valence-electron chi connectivity index (χ4n) is 3.61. The fourth-order valence-corrected chi connectivity index (χ4v) is 3.61. The van der Waals surface area contributed by atoms with Gasteiger partial charge in [-0.1, -0.05) is 0 Å². The zero-order valence-corrected chi connectivity index (χ0v) is 14.1. The van der Waals surface area contributed by atoms with Crippen molar-refractivity contribution in [3.63, 3.8) is 0 Å². The smallest absolute Gasteiger partial charge is 0.223 e. The fraction of sp³-hybridized carbons (Fsp3) is 0.722. The lowest BCUT2D eigenvalue weighted by Gasteiger charge is -2.38. The first-order valence-electron chi connectivity index (χ1n) is 8.80. The van der Waals surface area contributed by atoms with Crippen molar-refractivity contribution < 1.29 is 13.9 Å². The molecule has 2 aliphatic rings. The van der Waals surface area contributed by atoms with E-state index in [1.54, 1.807) is 6.26 Å². The van der Waals surface area contributed by atoms with E-state index in [4.69, 9.17) is 9.15 Å². The largest absolute Gasteiger partial charge is 0.467 e. The molecule has 3 rings (SSSR count). The molecule has 23 heavy (non-hydrogen) atoms. The molecule has 0 bridgehead atoms. The third kappa shape index (κ3) is 4.58. The molecular weight excluding hydrogens is 292 g/mol. The molecule has 128 valence electrons. The van der Waals surface area contributed by atoms with E-state index >= 15 is 0 Å². The van der Waals surface area contributed by atoms with Crippen LogP contribution in [0.25, 0.3) is 0 Å². The minimum absolute atomic E-state index is 0.280. The second-order valence-electron chi connectivity index (χ2n) is 6.90. The summed E-state index contributed by atoms with van der Waals surface area (Å²) in [6, 6.07) is 4.19. The summed E-state index contributed by atoms with van der Waals surface area (Å²) in [7, 11) is 2.15. The van der Waals surface area contributed by atoms with Crippen LogP contribution in [0.2, 0.25) is 0 Å². The Kier molecular flexibility index (Phi) is 5.73. The summed E-state index contributed by atoms with van der Waals surface area (Å²) in [5.74, 6) is 1.63. The highest BCUT2D eigenvalue weighted by Crippen LogP contribution is 2.24. The summed E-state index contributed by atoms with van der Waals surface area (Å²) >= 11 is 0. The number of piperidine rings is 1. The average molecular weight is 320 g/mol. The van der Waals surface area contributed by atoms with Gasteiger partial charge in [-0.3, -0.25) is 4.79 Å². The highest BCUT2D eigenvalue weighted by atomic mass is 16.5. The predicted molar refractivity (Wildman–Crippen MR) is 87.9 cm³/mol. The molecule has 5 nitrogen and oxygen atoms in total. The Labute approximate surface area is 138 Å². The van der Waals surface area contributed by atoms with Crippen LogP contribution in [0.15, 0.2) is 22.8 Å². The zero-order valence-electron chi connectivity index (χ0n) is 14.1. The maximum absolute atomic E-state index is 12.9. The number of ether oxygens (including phenoxy) is 1. The molecule has 2 fully saturated rings. The minimum Gasteiger partial charge on any atom is -0.467 e. The van der Waals surface area contributed by atoms with Crippen molar-refractivity contribution in [3.8, 4) is 0 Å². The van der Waals surface area contributed by atoms with Crippen molar-refractivity contribution >= 4 is 5.91 Å². The molecule has 1 aromatic rings. The molecule has 0 N–H and O–H groups in total. The lowest BCUT2D eigenvalue weighted by Crippen LogP contribution is -2.46. The van der Waals surface area contributed by atoms with E-state index < -0.39 is 0 Å². The van der Waals surface area contributed by atoms with E-state index in [0.717, 1.165) is 57.7 Å². The highest BCUT2D eigenvalue weighted by molar-refractivity contribution is 5.76. The maximum Gasteiger partial charge on any atom is 0.223 e. The highest BCUT2D eigenvalue weighted by Gasteiger charge is 2.29. The number of amides is 1. The SMILES string of the molecule is CN1CCC(N(Cc2ccco2)C(=O)CC2CCOCC2)CC1. The minimum atomic E-state index is 0.280. The molecule has 0 saturated carbocycles. The molecule has 0 aliphatic carbocycles. The summed E-state index contributed by atoms with van der Waals surface area (Å²) < 4.78 is 10.9. The third-order valence-corrected chi connectivity index (χ3v) is 5.16. The maximum atomic E-state index is 12.9. The first kappa shape index (κ1) is 16.5. The van der Waals surface area contributed by atoms with Crippen LogP contribution in [0, 0.1) is 5.92 Å². The number of likely N-dealkylation sites (tertiary alicyclic amines) is 1. The monoisotopic (exact) mass is 320 g/mol. The molecule has 0 unspecified atom stereocenters. The summed E-state index contributed by atoms with van der Waals surface area (Å²) in [4.78, 5) is 17.4. The number of hydrogen-bond acceptors (Lipinski definition) is 4. The van der Waals surface area contributed by atoms with Gasteiger partial charge in [0.25, 0.3) is 0 Å². The topological polar surface area (TPSA) is 45.9 Å². The van der Waals surface area contributed by atoms with Crippen LogP contribution in [-0.2, 0) is 16.1 Å². The lowest BCUT2D eigenvalue weighted by atomic mass is 9.94. The summed E-state index contributed by atoms with van der Waals surface area (Å²) in [6.07, 6.45) is 6.45. The zero-order chi connectivity index (χ0) is 16.1. The van der Waals surface area contributed by atoms with Crippen molar-refractivity contribution in [2.45, 2.75) is 44.7 Å². The van der Waals surface area contributed by atoms with E-state index in [9.17, 15) is 4.79 Å². The molecule has 0 atom stereocenters. The number of furan rings is 1. The summed E-state index contributed by atoms with van der Waals surface area (Å²) in [5, 5.41) is 0. The van der Waals surface area contributed by atoms with Gasteiger partial charge in [-0.15, -0.1) is 0 Å². The Balaban J connectivity index is 1.64. The van der Waals surface area contributed by atoms with E-state index in [0.29, 0.717) is 24.9 Å². The third-order valence-electron chi connectivity index (χ3n) is 5.16. The Morgan fingerprint density at radius 1 is 1.26 bits per heavy atom. The van der Waals surface area contributed by atoms with Crippen molar-refractivity contribution in [3.05, 3.63) is 24.2 Å². The standard InChI is InChI=1S/C18H28N2O3/c1-19-8-4-16(5-9-19)20(14-17-3-2-10-23-17)18(21)13-15-6-11-22-12-7-15/h2-3,10,15-16H,4-9,11-14H2,1H3. The molecule has 0 radical (unpaired) electrons. The first-order valence-corrected chi connectivity index (χ1v) is 8.80. The molecule has 2 aliphatic heterocycles. The number of carbonyl (C=O) groups is 1. The molecule has 2 saturated heterocycles. The van der Waals surface area contributed by atoms with Gasteiger partial charge in [-0.2, -0.15) is 0 Å². The van der Waals surface area contributed by atoms with Crippen LogP contribution in [0.1, 0.15) is 37.9 Å². The van der Waals surface area contributed by atoms with Crippen molar-refractivity contribution in [2.24, 2.45) is 5.92 Å². The van der Waals surface area contributed by atoms with Gasteiger partial charge in [0.1, 0.15) is 5.76 Å². The van der Waals surface area contributed by atoms with Gasteiger partial charge < -0.3 is 19.0 Å². The van der Waals surface area contributed by atoms with Gasteiger partial charge in [0.15, 0.2) is 0 Å². The Morgan fingerprint density at radius 2 is 2.00 bits per heavy atom. The quantitative estimate of drug-likeness (QED) is 0.836. The number of hydrogen-bond donors (Lipinski definition) is 0. The molecule has 1 aromatic heterocycles. The van der Waals surface area contributed by atoms with Crippen molar-refractivity contribution in [1.29, 1.82) is 0 Å². The van der Waals surface area contributed by atoms with Crippen LogP contribution in [0.4, 0.5) is 0 Å². The van der Waals surface area contributed by atoms with Crippen LogP contribution in [0.3, 0.4) is 0 Å². The Morgan fingerprint density at radius 3 is 2.65 bits per heavy atom. The van der Waals surface area contributed by atoms with Gasteiger partial charge in [0.2, 0.25) is 5.91 Å². The van der Waals surface area contributed by atoms with Gasteiger partial charge in [-0.05, 0) is 63.9 Å².